The van der Waals surface area contributed by atoms with Crippen LogP contribution in [0.1, 0.15) is 0 Å². The van der Waals surface area contributed by atoms with E-state index in [-0.39, 0.29) is 64.7 Å². The van der Waals surface area contributed by atoms with Crippen molar-refractivity contribution in [2.75, 3.05) is 0 Å². The summed E-state index contributed by atoms with van der Waals surface area (Å²) in [6.45, 7) is 0. The fourth-order valence-electron chi connectivity index (χ4n) is 0. The van der Waals surface area contributed by atoms with Crippen LogP contribution < -0.4 is 0 Å². The molecule has 0 spiro atoms. The van der Waals surface area contributed by atoms with Crippen molar-refractivity contribution in [2.45, 2.75) is 0 Å². The fourth-order valence-corrected chi connectivity index (χ4v) is 0. The molecule has 0 atom stereocenters. The molecule has 1 nitrogen and oxygen atoms in total. The minimum absolute atomic E-state index is 0. The van der Waals surface area contributed by atoms with E-state index in [1.54, 1.807) is 0 Å². The summed E-state index contributed by atoms with van der Waals surface area (Å²) in [7, 11) is 0. The van der Waals surface area contributed by atoms with E-state index in [9.17, 15) is 0 Å². The van der Waals surface area contributed by atoms with Gasteiger partial charge < -0.3 is 0 Å². The predicted molar refractivity (Wildman–Crippen MR) is 27.7 cm³/mol. The Morgan fingerprint density at radius 2 is 1.20 bits per heavy atom. The molecule has 0 aromatic heterocycles. The van der Waals surface area contributed by atoms with Crippen molar-refractivity contribution in [1.29, 1.82) is 0 Å². The molecule has 0 aliphatic rings. The predicted octanol–water partition coefficient (Wildman–Crippen LogP) is -3.14. The quantitative estimate of drug-likeness (QED) is 0.396. The second-order valence-corrected chi connectivity index (χ2v) is 0. The van der Waals surface area contributed by atoms with Crippen molar-refractivity contribution in [1.82, 2.24) is 0 Å². The van der Waals surface area contributed by atoms with Gasteiger partial charge in [0.2, 0.25) is 0 Å². The summed E-state index contributed by atoms with van der Waals surface area (Å²) in [4.78, 5) is 0. The average molecular weight is 397 g/mol. The average Bonchev–Trinajstić information content (AvgIpc) is 1.00. The molecular formula is H7CdGaGeOSn. The molecule has 0 aromatic rings. The molecule has 0 aliphatic carbocycles. The Morgan fingerprint density at radius 1 is 1.20 bits per heavy atom. The number of hydrogen-bond acceptors (Lipinski definition) is 1. The Morgan fingerprint density at radius 3 is 1.20 bits per heavy atom. The molecule has 26 valence electrons. The van der Waals surface area contributed by atoms with Crippen molar-refractivity contribution in [2.24, 2.45) is 0 Å². The summed E-state index contributed by atoms with van der Waals surface area (Å²) < 4.78 is 8.34. The molecule has 0 N–H and O–H groups in total. The summed E-state index contributed by atoms with van der Waals surface area (Å²) in [6, 6.07) is 0. The molecule has 0 amide bonds. The van der Waals surface area contributed by atoms with Crippen LogP contribution in [-0.4, -0.2) is 59.9 Å². The SMILES string of the molecule is [Cd].[GaH3].[GeH4].[O]=[Sn]. The summed E-state index contributed by atoms with van der Waals surface area (Å²) in [5, 5.41) is 0. The van der Waals surface area contributed by atoms with E-state index in [0.29, 0.717) is 22.5 Å². The van der Waals surface area contributed by atoms with Crippen LogP contribution in [0.5, 0.6) is 0 Å². The summed E-state index contributed by atoms with van der Waals surface area (Å²) in [5.74, 6) is 0. The third kappa shape index (κ3) is 20.3. The van der Waals surface area contributed by atoms with Gasteiger partial charge in [0.25, 0.3) is 0 Å². The molecule has 0 aromatic carbocycles. The van der Waals surface area contributed by atoms with E-state index in [1.165, 1.54) is 0 Å². The molecule has 0 saturated carbocycles. The summed E-state index contributed by atoms with van der Waals surface area (Å²) in [5.41, 5.74) is 0. The number of rotatable bonds is 0. The van der Waals surface area contributed by atoms with Gasteiger partial charge in [-0.25, -0.2) is 0 Å². The van der Waals surface area contributed by atoms with Gasteiger partial charge in [0.1, 0.15) is 0 Å². The molecular weight excluding hydrogens is 389 g/mol. The Hall–Kier alpha value is 2.70. The minimum atomic E-state index is 0. The molecule has 0 saturated heterocycles. The molecule has 0 rings (SSSR count). The van der Waals surface area contributed by atoms with Crippen LogP contribution in [0.2, 0.25) is 0 Å². The van der Waals surface area contributed by atoms with E-state index >= 15 is 0 Å². The zero-order valence-electron chi connectivity index (χ0n) is 1.62. The topological polar surface area (TPSA) is 17.1 Å². The van der Waals surface area contributed by atoms with E-state index in [1.807, 2.05) is 0 Å². The van der Waals surface area contributed by atoms with Gasteiger partial charge in [-0.05, 0) is 0 Å². The van der Waals surface area contributed by atoms with Crippen LogP contribution in [-0.2, 0) is 30.4 Å². The molecule has 0 fully saturated rings. The van der Waals surface area contributed by atoms with E-state index in [4.69, 9.17) is 3.08 Å². The maximum absolute atomic E-state index is 8.34. The van der Waals surface area contributed by atoms with Crippen LogP contribution in [0.15, 0.2) is 0 Å². The molecule has 5 heavy (non-hydrogen) atoms. The van der Waals surface area contributed by atoms with Gasteiger partial charge in [0.05, 0.1) is 0 Å². The van der Waals surface area contributed by atoms with Crippen LogP contribution in [0.3, 0.4) is 0 Å². The van der Waals surface area contributed by atoms with E-state index in [0.717, 1.165) is 0 Å². The zero-order valence-corrected chi connectivity index (χ0v) is 8.51. The Balaban J connectivity index is -0.00000000167. The van der Waals surface area contributed by atoms with Crippen molar-refractivity contribution in [3.05, 3.63) is 0 Å². The van der Waals surface area contributed by atoms with Crippen molar-refractivity contribution in [3.8, 4) is 0 Å². The maximum atomic E-state index is 8.34. The summed E-state index contributed by atoms with van der Waals surface area (Å²) >= 11 is 0.300. The second-order valence-electron chi connectivity index (χ2n) is 0. The molecule has 2 radical (unpaired) electrons. The first kappa shape index (κ1) is 25.2. The Bertz CT molecular complexity index is 11.6. The fraction of sp³-hybridized carbons (Fsp3) is 0. The first-order chi connectivity index (χ1) is 1.00. The van der Waals surface area contributed by atoms with Crippen LogP contribution >= 0.6 is 0 Å². The van der Waals surface area contributed by atoms with Crippen molar-refractivity contribution >= 4 is 59.9 Å². The second kappa shape index (κ2) is 29.9. The standard InChI is InChI=1S/Cd.Ga.GeH4.O.Sn.3H/h;;1H4;;;;;. The number of hydrogen-bond donors (Lipinski definition) is 0. The first-order valence-electron chi connectivity index (χ1n) is 0.204. The van der Waals surface area contributed by atoms with Crippen molar-refractivity contribution < 1.29 is 30.4 Å². The van der Waals surface area contributed by atoms with Crippen LogP contribution in [0.4, 0.5) is 0 Å². The van der Waals surface area contributed by atoms with Gasteiger partial charge in [0, 0.05) is 27.3 Å². The third-order valence-corrected chi connectivity index (χ3v) is 0. The van der Waals surface area contributed by atoms with Crippen LogP contribution in [0.25, 0.3) is 0 Å². The molecule has 0 unspecified atom stereocenters. The van der Waals surface area contributed by atoms with Gasteiger partial charge in [-0.2, -0.15) is 0 Å². The Labute approximate surface area is 88.7 Å². The normalized spacial score (nSPS) is 0.800. The van der Waals surface area contributed by atoms with Crippen molar-refractivity contribution in [3.63, 3.8) is 0 Å². The third-order valence-electron chi connectivity index (χ3n) is 0. The molecule has 5 heteroatoms. The Kier molecular flexibility index (Phi) is 151. The van der Waals surface area contributed by atoms with Crippen LogP contribution in [0, 0.1) is 0 Å². The van der Waals surface area contributed by atoms with E-state index < -0.39 is 0 Å². The molecule has 0 heterocycles. The van der Waals surface area contributed by atoms with Gasteiger partial charge in [-0.1, -0.05) is 0 Å². The van der Waals surface area contributed by atoms with E-state index in [2.05, 4.69) is 0 Å². The van der Waals surface area contributed by atoms with Gasteiger partial charge in [-0.3, -0.25) is 0 Å². The molecule has 0 aliphatic heterocycles. The van der Waals surface area contributed by atoms with Gasteiger partial charge in [0.15, 0.2) is 0 Å². The summed E-state index contributed by atoms with van der Waals surface area (Å²) in [6.07, 6.45) is 0. The first-order valence-corrected chi connectivity index (χ1v) is 1.37. The van der Waals surface area contributed by atoms with Gasteiger partial charge in [-0.15, -0.1) is 0 Å². The zero-order chi connectivity index (χ0) is 2.00. The monoisotopic (exact) mass is 400 g/mol. The van der Waals surface area contributed by atoms with Gasteiger partial charge >= 0.3 is 63.0 Å². The molecule has 0 bridgehead atoms.